The van der Waals surface area contributed by atoms with E-state index in [0.717, 1.165) is 32.8 Å². The highest BCUT2D eigenvalue weighted by Crippen LogP contribution is 2.20. The Bertz CT molecular complexity index is 719. The Morgan fingerprint density at radius 2 is 2.12 bits per heavy atom. The maximum Gasteiger partial charge on any atom is 0.271 e. The lowest BCUT2D eigenvalue weighted by atomic mass is 10.2. The monoisotopic (exact) mass is 383 g/mol. The van der Waals surface area contributed by atoms with E-state index in [-0.39, 0.29) is 29.1 Å². The molecule has 1 atom stereocenters. The smallest absolute Gasteiger partial charge is 0.271 e. The molecule has 1 unspecified atom stereocenters. The van der Waals surface area contributed by atoms with Crippen LogP contribution in [-0.2, 0) is 14.6 Å². The van der Waals surface area contributed by atoms with Crippen LogP contribution in [0.2, 0.25) is 0 Å². The summed E-state index contributed by atoms with van der Waals surface area (Å²) in [6, 6.07) is 3.23. The Hall–Kier alpha value is -1.78. The summed E-state index contributed by atoms with van der Waals surface area (Å²) < 4.78 is 28.5. The molecule has 2 fully saturated rings. The Balaban J connectivity index is 1.49. The minimum atomic E-state index is -2.96. The van der Waals surface area contributed by atoms with Gasteiger partial charge in [0.25, 0.3) is 5.91 Å². The largest absolute Gasteiger partial charge is 0.379 e. The number of ether oxygens (including phenoxy) is 1. The normalized spacial score (nSPS) is 22.9. The van der Waals surface area contributed by atoms with Crippen molar-refractivity contribution in [1.29, 1.82) is 0 Å². The van der Waals surface area contributed by atoms with Crippen LogP contribution >= 0.6 is 0 Å². The Morgan fingerprint density at radius 3 is 2.73 bits per heavy atom. The van der Waals surface area contributed by atoms with Gasteiger partial charge in [-0.1, -0.05) is 0 Å². The van der Waals surface area contributed by atoms with Gasteiger partial charge in [0, 0.05) is 39.3 Å². The van der Waals surface area contributed by atoms with Crippen LogP contribution in [0.1, 0.15) is 16.9 Å². The number of sulfone groups is 1. The molecular weight excluding hydrogens is 358 g/mol. The molecule has 0 spiro atoms. The van der Waals surface area contributed by atoms with Crippen molar-refractivity contribution in [2.24, 2.45) is 0 Å². The van der Waals surface area contributed by atoms with Gasteiger partial charge < -0.3 is 15.0 Å². The second-order valence-corrected chi connectivity index (χ2v) is 8.88. The first-order valence-corrected chi connectivity index (χ1v) is 10.6. The molecule has 1 aromatic rings. The Labute approximate surface area is 153 Å². The maximum absolute atomic E-state index is 12.2. The van der Waals surface area contributed by atoms with Crippen LogP contribution in [-0.4, -0.2) is 93.4 Å². The molecule has 26 heavy (non-hydrogen) atoms. The second-order valence-electron chi connectivity index (χ2n) is 6.65. The minimum absolute atomic E-state index is 0.0949. The number of morpholine rings is 1. The number of carbonyl (C=O) groups excluding carboxylic acids is 1. The SMILES string of the molecule is CN(c1ccc(C(=O)NCCN2CCOCC2)nn1)C1CCS(=O)(=O)C1. The van der Waals surface area contributed by atoms with E-state index in [1.165, 1.54) is 0 Å². The van der Waals surface area contributed by atoms with Crippen molar-refractivity contribution in [2.45, 2.75) is 12.5 Å². The van der Waals surface area contributed by atoms with Gasteiger partial charge in [0.2, 0.25) is 0 Å². The van der Waals surface area contributed by atoms with Crippen molar-refractivity contribution < 1.29 is 17.9 Å². The number of amides is 1. The van der Waals surface area contributed by atoms with Gasteiger partial charge in [-0.05, 0) is 18.6 Å². The summed E-state index contributed by atoms with van der Waals surface area (Å²) in [4.78, 5) is 16.2. The first kappa shape index (κ1) is 19.0. The van der Waals surface area contributed by atoms with E-state index in [9.17, 15) is 13.2 Å². The van der Waals surface area contributed by atoms with Crippen molar-refractivity contribution in [3.05, 3.63) is 17.8 Å². The van der Waals surface area contributed by atoms with Crippen LogP contribution in [0.4, 0.5) is 5.82 Å². The molecule has 144 valence electrons. The molecule has 2 aliphatic heterocycles. The lowest BCUT2D eigenvalue weighted by molar-refractivity contribution is 0.0383. The first-order valence-electron chi connectivity index (χ1n) is 8.80. The molecule has 0 saturated carbocycles. The number of nitrogens with one attached hydrogen (secondary N) is 1. The van der Waals surface area contributed by atoms with Crippen molar-refractivity contribution >= 4 is 21.6 Å². The number of rotatable bonds is 6. The minimum Gasteiger partial charge on any atom is -0.379 e. The third-order valence-corrected chi connectivity index (χ3v) is 6.57. The highest BCUT2D eigenvalue weighted by atomic mass is 32.2. The van der Waals surface area contributed by atoms with Gasteiger partial charge in [-0.2, -0.15) is 0 Å². The third kappa shape index (κ3) is 4.89. The summed E-state index contributed by atoms with van der Waals surface area (Å²) in [5, 5.41) is 10.9. The fraction of sp³-hybridized carbons (Fsp3) is 0.688. The van der Waals surface area contributed by atoms with E-state index in [1.54, 1.807) is 19.2 Å². The highest BCUT2D eigenvalue weighted by molar-refractivity contribution is 7.91. The average Bonchev–Trinajstić information content (AvgIpc) is 3.02. The summed E-state index contributed by atoms with van der Waals surface area (Å²) in [5.74, 6) is 0.647. The van der Waals surface area contributed by atoms with E-state index >= 15 is 0 Å². The standard InChI is InChI=1S/C16H25N5O4S/c1-20(13-4-11-26(23,24)12-13)15-3-2-14(18-19-15)16(22)17-5-6-21-7-9-25-10-8-21/h2-3,13H,4-12H2,1H3,(H,17,22). The predicted octanol–water partition coefficient (Wildman–Crippen LogP) is -0.838. The topological polar surface area (TPSA) is 105 Å². The predicted molar refractivity (Wildman–Crippen MR) is 97.1 cm³/mol. The fourth-order valence-corrected chi connectivity index (χ4v) is 4.92. The molecule has 2 aliphatic rings. The molecule has 0 radical (unpaired) electrons. The molecule has 3 heterocycles. The second kappa shape index (κ2) is 8.28. The molecule has 9 nitrogen and oxygen atoms in total. The van der Waals surface area contributed by atoms with Gasteiger partial charge in [0.1, 0.15) is 0 Å². The molecule has 2 saturated heterocycles. The summed E-state index contributed by atoms with van der Waals surface area (Å²) in [7, 11) is -1.15. The number of anilines is 1. The van der Waals surface area contributed by atoms with Gasteiger partial charge in [-0.25, -0.2) is 8.42 Å². The highest BCUT2D eigenvalue weighted by Gasteiger charge is 2.31. The average molecular weight is 383 g/mol. The summed E-state index contributed by atoms with van der Waals surface area (Å²) in [6.07, 6.45) is 0.588. The van der Waals surface area contributed by atoms with Crippen molar-refractivity contribution in [1.82, 2.24) is 20.4 Å². The van der Waals surface area contributed by atoms with E-state index in [2.05, 4.69) is 20.4 Å². The Kier molecular flexibility index (Phi) is 6.05. The molecular formula is C16H25N5O4S. The number of hydrogen-bond acceptors (Lipinski definition) is 8. The molecule has 0 aliphatic carbocycles. The zero-order chi connectivity index (χ0) is 18.6. The quantitative estimate of drug-likeness (QED) is 0.678. The zero-order valence-electron chi connectivity index (χ0n) is 14.9. The van der Waals surface area contributed by atoms with Crippen LogP contribution in [0.3, 0.4) is 0 Å². The first-order chi connectivity index (χ1) is 12.4. The van der Waals surface area contributed by atoms with E-state index in [1.807, 2.05) is 4.90 Å². The molecule has 0 aromatic carbocycles. The van der Waals surface area contributed by atoms with Crippen LogP contribution in [0.5, 0.6) is 0 Å². The van der Waals surface area contributed by atoms with E-state index in [4.69, 9.17) is 4.74 Å². The van der Waals surface area contributed by atoms with Gasteiger partial charge in [-0.3, -0.25) is 9.69 Å². The molecule has 1 amide bonds. The lowest BCUT2D eigenvalue weighted by Gasteiger charge is -2.26. The molecule has 0 bridgehead atoms. The van der Waals surface area contributed by atoms with Crippen LogP contribution in [0.15, 0.2) is 12.1 Å². The number of hydrogen-bond donors (Lipinski definition) is 1. The number of carbonyl (C=O) groups is 1. The van der Waals surface area contributed by atoms with Crippen molar-refractivity contribution in [3.63, 3.8) is 0 Å². The fourth-order valence-electron chi connectivity index (χ4n) is 3.15. The number of nitrogens with zero attached hydrogens (tertiary/aromatic N) is 4. The molecule has 1 N–H and O–H groups in total. The van der Waals surface area contributed by atoms with E-state index < -0.39 is 9.84 Å². The summed E-state index contributed by atoms with van der Waals surface area (Å²) >= 11 is 0. The lowest BCUT2D eigenvalue weighted by Crippen LogP contribution is -2.41. The van der Waals surface area contributed by atoms with Crippen LogP contribution in [0, 0.1) is 0 Å². The molecule has 3 rings (SSSR count). The third-order valence-electron chi connectivity index (χ3n) is 4.82. The van der Waals surface area contributed by atoms with E-state index in [0.29, 0.717) is 18.8 Å². The van der Waals surface area contributed by atoms with Gasteiger partial charge in [0.15, 0.2) is 21.3 Å². The summed E-state index contributed by atoms with van der Waals surface area (Å²) in [6.45, 7) is 4.55. The van der Waals surface area contributed by atoms with Crippen molar-refractivity contribution in [3.8, 4) is 0 Å². The van der Waals surface area contributed by atoms with Crippen LogP contribution in [0.25, 0.3) is 0 Å². The zero-order valence-corrected chi connectivity index (χ0v) is 15.7. The molecule has 1 aromatic heterocycles. The van der Waals surface area contributed by atoms with Gasteiger partial charge >= 0.3 is 0 Å². The Morgan fingerprint density at radius 1 is 1.35 bits per heavy atom. The number of aromatic nitrogens is 2. The maximum atomic E-state index is 12.2. The van der Waals surface area contributed by atoms with Crippen molar-refractivity contribution in [2.75, 3.05) is 62.8 Å². The summed E-state index contributed by atoms with van der Waals surface area (Å²) in [5.41, 5.74) is 0.253. The molecule has 10 heteroatoms. The van der Waals surface area contributed by atoms with Crippen LogP contribution < -0.4 is 10.2 Å². The van der Waals surface area contributed by atoms with Gasteiger partial charge in [0.05, 0.1) is 24.7 Å². The van der Waals surface area contributed by atoms with Gasteiger partial charge in [-0.15, -0.1) is 10.2 Å².